The Hall–Kier alpha value is -1.94. The number of nitrogens with two attached hydrogens (primary N) is 1. The lowest BCUT2D eigenvalue weighted by atomic mass is 10.2. The molecule has 0 aliphatic heterocycles. The standard InChI is InChI=1S/C11H15N3O3S/c1-3-9(7-12)18(15,16)14-8-4-5-10(13)11(6-8)17-2/h4-6,9,14H,3,13H2,1-2H3. The van der Waals surface area contributed by atoms with Crippen molar-refractivity contribution in [3.05, 3.63) is 18.2 Å². The summed E-state index contributed by atoms with van der Waals surface area (Å²) in [5.41, 5.74) is 6.35. The lowest BCUT2D eigenvalue weighted by molar-refractivity contribution is 0.417. The van der Waals surface area contributed by atoms with Gasteiger partial charge in [0.25, 0.3) is 0 Å². The fourth-order valence-corrected chi connectivity index (χ4v) is 2.57. The number of hydrogen-bond donors (Lipinski definition) is 2. The number of anilines is 2. The smallest absolute Gasteiger partial charge is 0.249 e. The monoisotopic (exact) mass is 269 g/mol. The third-order valence-electron chi connectivity index (χ3n) is 2.38. The number of nitriles is 1. The highest BCUT2D eigenvalue weighted by Gasteiger charge is 2.23. The predicted octanol–water partition coefficient (Wildman–Crippen LogP) is 1.32. The number of rotatable bonds is 5. The van der Waals surface area contributed by atoms with Crippen LogP contribution in [0.5, 0.6) is 5.75 Å². The van der Waals surface area contributed by atoms with Crippen molar-refractivity contribution in [1.82, 2.24) is 0 Å². The number of nitrogens with one attached hydrogen (secondary N) is 1. The highest BCUT2D eigenvalue weighted by Crippen LogP contribution is 2.26. The summed E-state index contributed by atoms with van der Waals surface area (Å²) in [6.45, 7) is 1.64. The SMILES string of the molecule is CCC(C#N)S(=O)(=O)Nc1ccc(N)c(OC)c1. The molecule has 0 saturated carbocycles. The van der Waals surface area contributed by atoms with E-state index in [-0.39, 0.29) is 6.42 Å². The zero-order chi connectivity index (χ0) is 13.8. The number of hydrogen-bond acceptors (Lipinski definition) is 5. The summed E-state index contributed by atoms with van der Waals surface area (Å²) in [5.74, 6) is 0.375. The number of nitrogens with zero attached hydrogens (tertiary/aromatic N) is 1. The molecule has 0 fully saturated rings. The van der Waals surface area contributed by atoms with E-state index in [1.807, 2.05) is 0 Å². The van der Waals surface area contributed by atoms with Crippen molar-refractivity contribution in [2.45, 2.75) is 18.6 Å². The number of sulfonamides is 1. The van der Waals surface area contributed by atoms with Gasteiger partial charge >= 0.3 is 0 Å². The van der Waals surface area contributed by atoms with Crippen molar-refractivity contribution in [3.8, 4) is 11.8 Å². The molecule has 1 aromatic carbocycles. The molecule has 1 unspecified atom stereocenters. The number of nitrogen functional groups attached to an aromatic ring is 1. The summed E-state index contributed by atoms with van der Waals surface area (Å²) in [7, 11) is -2.28. The second-order valence-corrected chi connectivity index (χ2v) is 5.49. The minimum atomic E-state index is -3.72. The molecule has 0 spiro atoms. The molecule has 1 aromatic rings. The largest absolute Gasteiger partial charge is 0.495 e. The fraction of sp³-hybridized carbons (Fsp3) is 0.364. The summed E-state index contributed by atoms with van der Waals surface area (Å²) in [4.78, 5) is 0. The maximum Gasteiger partial charge on any atom is 0.249 e. The van der Waals surface area contributed by atoms with Gasteiger partial charge in [-0.05, 0) is 18.6 Å². The average Bonchev–Trinajstić information content (AvgIpc) is 2.32. The van der Waals surface area contributed by atoms with Crippen LogP contribution in [0.3, 0.4) is 0 Å². The minimum Gasteiger partial charge on any atom is -0.495 e. The fourth-order valence-electron chi connectivity index (χ4n) is 1.39. The summed E-state index contributed by atoms with van der Waals surface area (Å²) < 4.78 is 31.0. The molecule has 98 valence electrons. The molecule has 3 N–H and O–H groups in total. The lowest BCUT2D eigenvalue weighted by Gasteiger charge is -2.12. The zero-order valence-electron chi connectivity index (χ0n) is 10.2. The average molecular weight is 269 g/mol. The van der Waals surface area contributed by atoms with Gasteiger partial charge in [0.2, 0.25) is 10.0 Å². The molecule has 0 radical (unpaired) electrons. The highest BCUT2D eigenvalue weighted by atomic mass is 32.2. The normalized spacial score (nSPS) is 12.5. The summed E-state index contributed by atoms with van der Waals surface area (Å²) >= 11 is 0. The van der Waals surface area contributed by atoms with Crippen LogP contribution in [0.2, 0.25) is 0 Å². The molecule has 1 rings (SSSR count). The van der Waals surface area contributed by atoms with Gasteiger partial charge in [-0.15, -0.1) is 0 Å². The third kappa shape index (κ3) is 3.05. The first kappa shape index (κ1) is 14.1. The van der Waals surface area contributed by atoms with Crippen molar-refractivity contribution >= 4 is 21.4 Å². The van der Waals surface area contributed by atoms with E-state index < -0.39 is 15.3 Å². The van der Waals surface area contributed by atoms with E-state index >= 15 is 0 Å². The molecule has 7 heteroatoms. The topological polar surface area (TPSA) is 105 Å². The van der Waals surface area contributed by atoms with Crippen LogP contribution in [0.25, 0.3) is 0 Å². The maximum atomic E-state index is 11.8. The van der Waals surface area contributed by atoms with Crippen LogP contribution >= 0.6 is 0 Å². The Morgan fingerprint density at radius 1 is 1.56 bits per heavy atom. The number of benzene rings is 1. The molecule has 0 bridgehead atoms. The van der Waals surface area contributed by atoms with E-state index in [0.717, 1.165) is 0 Å². The minimum absolute atomic E-state index is 0.220. The van der Waals surface area contributed by atoms with Gasteiger partial charge in [0.15, 0.2) is 5.25 Å². The first-order valence-corrected chi connectivity index (χ1v) is 6.84. The molecular weight excluding hydrogens is 254 g/mol. The molecule has 18 heavy (non-hydrogen) atoms. The molecular formula is C11H15N3O3S. The third-order valence-corrected chi connectivity index (χ3v) is 4.09. The van der Waals surface area contributed by atoms with Gasteiger partial charge in [0.05, 0.1) is 24.6 Å². The van der Waals surface area contributed by atoms with E-state index in [4.69, 9.17) is 15.7 Å². The van der Waals surface area contributed by atoms with Gasteiger partial charge < -0.3 is 10.5 Å². The van der Waals surface area contributed by atoms with E-state index in [1.165, 1.54) is 25.3 Å². The Morgan fingerprint density at radius 2 is 2.22 bits per heavy atom. The van der Waals surface area contributed by atoms with Gasteiger partial charge in [-0.25, -0.2) is 8.42 Å². The van der Waals surface area contributed by atoms with E-state index in [1.54, 1.807) is 13.0 Å². The summed E-state index contributed by atoms with van der Waals surface area (Å²) in [6.07, 6.45) is 0.220. The molecule has 0 aromatic heterocycles. The van der Waals surface area contributed by atoms with Crippen molar-refractivity contribution < 1.29 is 13.2 Å². The van der Waals surface area contributed by atoms with Crippen LogP contribution in [0.1, 0.15) is 13.3 Å². The Balaban J connectivity index is 3.02. The number of methoxy groups -OCH3 is 1. The molecule has 0 amide bonds. The molecule has 0 aliphatic rings. The van der Waals surface area contributed by atoms with Crippen molar-refractivity contribution in [3.63, 3.8) is 0 Å². The zero-order valence-corrected chi connectivity index (χ0v) is 11.0. The Labute approximate surface area is 106 Å². The first-order valence-electron chi connectivity index (χ1n) is 5.29. The van der Waals surface area contributed by atoms with Gasteiger partial charge in [-0.3, -0.25) is 4.72 Å². The summed E-state index contributed by atoms with van der Waals surface area (Å²) in [6, 6.07) is 6.26. The van der Waals surface area contributed by atoms with Crippen LogP contribution in [-0.4, -0.2) is 20.8 Å². The lowest BCUT2D eigenvalue weighted by Crippen LogP contribution is -2.25. The van der Waals surface area contributed by atoms with E-state index in [2.05, 4.69) is 4.72 Å². The first-order chi connectivity index (χ1) is 8.44. The van der Waals surface area contributed by atoms with Crippen LogP contribution in [0.15, 0.2) is 18.2 Å². The van der Waals surface area contributed by atoms with Crippen molar-refractivity contribution in [2.24, 2.45) is 0 Å². The quantitative estimate of drug-likeness (QED) is 0.784. The maximum absolute atomic E-state index is 11.8. The van der Waals surface area contributed by atoms with Crippen LogP contribution in [0.4, 0.5) is 11.4 Å². The number of ether oxygens (including phenoxy) is 1. The second kappa shape index (κ2) is 5.60. The second-order valence-electron chi connectivity index (χ2n) is 3.63. The van der Waals surface area contributed by atoms with Gasteiger partial charge in [-0.1, -0.05) is 6.92 Å². The van der Waals surface area contributed by atoms with Crippen LogP contribution < -0.4 is 15.2 Å². The van der Waals surface area contributed by atoms with Crippen molar-refractivity contribution in [2.75, 3.05) is 17.6 Å². The van der Waals surface area contributed by atoms with E-state index in [0.29, 0.717) is 17.1 Å². The molecule has 0 saturated heterocycles. The van der Waals surface area contributed by atoms with Gasteiger partial charge in [0.1, 0.15) is 5.75 Å². The molecule has 1 atom stereocenters. The molecule has 6 nitrogen and oxygen atoms in total. The van der Waals surface area contributed by atoms with Crippen LogP contribution in [0, 0.1) is 11.3 Å². The molecule has 0 heterocycles. The summed E-state index contributed by atoms with van der Waals surface area (Å²) in [5, 5.41) is 7.69. The van der Waals surface area contributed by atoms with Crippen LogP contribution in [-0.2, 0) is 10.0 Å². The predicted molar refractivity (Wildman–Crippen MR) is 69.6 cm³/mol. The van der Waals surface area contributed by atoms with Gasteiger partial charge in [0, 0.05) is 6.07 Å². The highest BCUT2D eigenvalue weighted by molar-refractivity contribution is 7.93. The Morgan fingerprint density at radius 3 is 2.72 bits per heavy atom. The molecule has 0 aliphatic carbocycles. The Bertz CT molecular complexity index is 563. The van der Waals surface area contributed by atoms with E-state index in [9.17, 15) is 8.42 Å². The van der Waals surface area contributed by atoms with Crippen molar-refractivity contribution in [1.29, 1.82) is 5.26 Å². The van der Waals surface area contributed by atoms with Gasteiger partial charge in [-0.2, -0.15) is 5.26 Å². The Kier molecular flexibility index (Phi) is 4.39.